The number of nitrogens with zero attached hydrogens (tertiary/aromatic N) is 1. The third-order valence-electron chi connectivity index (χ3n) is 4.80. The first kappa shape index (κ1) is 22.0. The van der Waals surface area contributed by atoms with E-state index >= 15 is 0 Å². The Balaban J connectivity index is 0.000000438. The number of aliphatic hydroxyl groups excluding tert-OH is 1. The monoisotopic (exact) mass is 398 g/mol. The Bertz CT molecular complexity index is 998. The maximum absolute atomic E-state index is 10.5. The second-order valence-electron chi connectivity index (χ2n) is 6.80. The minimum absolute atomic E-state index is 0.441. The molecule has 3 aromatic rings. The lowest BCUT2D eigenvalue weighted by Crippen LogP contribution is -2.25. The van der Waals surface area contributed by atoms with Crippen LogP contribution in [0.15, 0.2) is 48.5 Å². The Morgan fingerprint density at radius 1 is 0.966 bits per heavy atom. The number of anilines is 1. The van der Waals surface area contributed by atoms with Crippen molar-refractivity contribution in [3.05, 3.63) is 65.4 Å². The van der Waals surface area contributed by atoms with Crippen LogP contribution >= 0.6 is 0 Å². The number of fused-ring (bicyclic) bond motifs is 1. The van der Waals surface area contributed by atoms with E-state index < -0.39 is 18.0 Å². The van der Waals surface area contributed by atoms with E-state index in [2.05, 4.69) is 61.0 Å². The molecule has 0 saturated carbocycles. The van der Waals surface area contributed by atoms with Crippen molar-refractivity contribution < 1.29 is 24.9 Å². The van der Waals surface area contributed by atoms with Crippen molar-refractivity contribution in [3.8, 4) is 0 Å². The largest absolute Gasteiger partial charge is 0.473 e. The molecule has 4 N–H and O–H groups in total. The fourth-order valence-electron chi connectivity index (χ4n) is 3.11. The molecule has 1 heterocycles. The molecule has 0 spiro atoms. The number of benzene rings is 2. The summed E-state index contributed by atoms with van der Waals surface area (Å²) in [5.74, 6) is -3.65. The zero-order valence-electron chi connectivity index (χ0n) is 16.7. The number of para-hydroxylation sites is 2. The van der Waals surface area contributed by atoms with Gasteiger partial charge in [-0.3, -0.25) is 0 Å². The highest BCUT2D eigenvalue weighted by Gasteiger charge is 2.13. The fourth-order valence-corrected chi connectivity index (χ4v) is 3.11. The number of aliphatic carboxylic acids is 2. The van der Waals surface area contributed by atoms with E-state index in [9.17, 15) is 5.11 Å². The zero-order valence-corrected chi connectivity index (χ0v) is 16.7. The highest BCUT2D eigenvalue weighted by atomic mass is 16.4. The number of hydrogen-bond acceptors (Lipinski definition) is 4. The highest BCUT2D eigenvalue weighted by molar-refractivity contribution is 6.27. The predicted molar refractivity (Wildman–Crippen MR) is 112 cm³/mol. The Kier molecular flexibility index (Phi) is 7.39. The Morgan fingerprint density at radius 2 is 1.55 bits per heavy atom. The number of nitrogens with one attached hydrogen (secondary N) is 1. The van der Waals surface area contributed by atoms with Gasteiger partial charge in [-0.1, -0.05) is 36.4 Å². The standard InChI is InChI=1S/C20H24N2O.C2H2O4/c1-14-8-4-6-10-19(14)21-12-17(23)13-22-16(3)15(2)18-9-5-7-11-20(18)22;3-1(4)2(5)6/h4-11,17,21,23H,12-13H2,1-3H3;(H,3,4)(H,5,6). The topological polar surface area (TPSA) is 112 Å². The van der Waals surface area contributed by atoms with Crippen molar-refractivity contribution in [2.24, 2.45) is 0 Å². The second-order valence-corrected chi connectivity index (χ2v) is 6.80. The van der Waals surface area contributed by atoms with E-state index in [1.54, 1.807) is 0 Å². The van der Waals surface area contributed by atoms with Gasteiger partial charge in [0, 0.05) is 28.8 Å². The smallest absolute Gasteiger partial charge is 0.414 e. The third-order valence-corrected chi connectivity index (χ3v) is 4.80. The molecule has 0 amide bonds. The van der Waals surface area contributed by atoms with Gasteiger partial charge < -0.3 is 25.2 Å². The summed E-state index contributed by atoms with van der Waals surface area (Å²) in [5.41, 5.74) is 5.98. The molecule has 154 valence electrons. The molecule has 2 aromatic carbocycles. The summed E-state index contributed by atoms with van der Waals surface area (Å²) < 4.78 is 2.22. The van der Waals surface area contributed by atoms with Gasteiger partial charge in [0.15, 0.2) is 0 Å². The molecule has 0 aliphatic heterocycles. The van der Waals surface area contributed by atoms with Crippen LogP contribution in [0.25, 0.3) is 10.9 Å². The molecule has 7 nitrogen and oxygen atoms in total. The van der Waals surface area contributed by atoms with Gasteiger partial charge >= 0.3 is 11.9 Å². The molecule has 1 aromatic heterocycles. The van der Waals surface area contributed by atoms with Crippen LogP contribution in [0.2, 0.25) is 0 Å². The van der Waals surface area contributed by atoms with Crippen LogP contribution in [-0.2, 0) is 16.1 Å². The van der Waals surface area contributed by atoms with Gasteiger partial charge in [0.05, 0.1) is 12.6 Å². The van der Waals surface area contributed by atoms with Crippen LogP contribution in [0.1, 0.15) is 16.8 Å². The Labute approximate surface area is 169 Å². The van der Waals surface area contributed by atoms with E-state index in [0.29, 0.717) is 13.1 Å². The quantitative estimate of drug-likeness (QED) is 0.491. The van der Waals surface area contributed by atoms with E-state index in [-0.39, 0.29) is 0 Å². The zero-order chi connectivity index (χ0) is 21.6. The maximum atomic E-state index is 10.5. The summed E-state index contributed by atoms with van der Waals surface area (Å²) >= 11 is 0. The van der Waals surface area contributed by atoms with Gasteiger partial charge in [0.1, 0.15) is 0 Å². The van der Waals surface area contributed by atoms with Crippen LogP contribution in [0.3, 0.4) is 0 Å². The number of rotatable bonds is 5. The van der Waals surface area contributed by atoms with Crippen LogP contribution < -0.4 is 5.32 Å². The van der Waals surface area contributed by atoms with Crippen molar-refractivity contribution in [2.45, 2.75) is 33.4 Å². The lowest BCUT2D eigenvalue weighted by Gasteiger charge is -2.17. The number of aliphatic hydroxyl groups is 1. The van der Waals surface area contributed by atoms with E-state index in [1.807, 2.05) is 18.2 Å². The Hall–Kier alpha value is -3.32. The molecule has 7 heteroatoms. The molecule has 29 heavy (non-hydrogen) atoms. The van der Waals surface area contributed by atoms with Gasteiger partial charge in [0.2, 0.25) is 0 Å². The second kappa shape index (κ2) is 9.75. The molecule has 0 radical (unpaired) electrons. The number of aromatic nitrogens is 1. The van der Waals surface area contributed by atoms with Crippen LogP contribution in [0, 0.1) is 20.8 Å². The maximum Gasteiger partial charge on any atom is 0.414 e. The number of aryl methyl sites for hydroxylation is 2. The average molecular weight is 398 g/mol. The minimum Gasteiger partial charge on any atom is -0.473 e. The number of hydrogen-bond donors (Lipinski definition) is 4. The number of carbonyl (C=O) groups is 2. The normalized spacial score (nSPS) is 11.4. The minimum atomic E-state index is -1.82. The van der Waals surface area contributed by atoms with Gasteiger partial charge in [0.25, 0.3) is 0 Å². The highest BCUT2D eigenvalue weighted by Crippen LogP contribution is 2.25. The van der Waals surface area contributed by atoms with Gasteiger partial charge in [-0.2, -0.15) is 0 Å². The molecule has 0 aliphatic carbocycles. The molecular formula is C22H26N2O5. The predicted octanol–water partition coefficient (Wildman–Crippen LogP) is 3.20. The van der Waals surface area contributed by atoms with Crippen molar-refractivity contribution >= 4 is 28.5 Å². The van der Waals surface area contributed by atoms with Gasteiger partial charge in [-0.05, 0) is 44.0 Å². The summed E-state index contributed by atoms with van der Waals surface area (Å²) in [6, 6.07) is 16.5. The first-order valence-corrected chi connectivity index (χ1v) is 9.20. The van der Waals surface area contributed by atoms with Gasteiger partial charge in [-0.15, -0.1) is 0 Å². The van der Waals surface area contributed by atoms with Crippen molar-refractivity contribution in [2.75, 3.05) is 11.9 Å². The summed E-state index contributed by atoms with van der Waals surface area (Å²) in [5, 5.41) is 29.9. The van der Waals surface area contributed by atoms with Gasteiger partial charge in [-0.25, -0.2) is 9.59 Å². The van der Waals surface area contributed by atoms with Crippen LogP contribution in [-0.4, -0.2) is 44.5 Å². The Morgan fingerprint density at radius 3 is 2.17 bits per heavy atom. The molecule has 1 atom stereocenters. The molecular weight excluding hydrogens is 372 g/mol. The molecule has 0 aliphatic rings. The van der Waals surface area contributed by atoms with E-state index in [0.717, 1.165) is 5.69 Å². The van der Waals surface area contributed by atoms with Crippen LogP contribution in [0.5, 0.6) is 0 Å². The SMILES string of the molecule is Cc1ccccc1NCC(O)Cn1c(C)c(C)c2ccccc21.O=C(O)C(=O)O. The molecule has 1 unspecified atom stereocenters. The van der Waals surface area contributed by atoms with E-state index in [4.69, 9.17) is 19.8 Å². The molecule has 0 bridgehead atoms. The molecule has 3 rings (SSSR count). The van der Waals surface area contributed by atoms with E-state index in [1.165, 1.54) is 27.7 Å². The van der Waals surface area contributed by atoms with Crippen molar-refractivity contribution in [3.63, 3.8) is 0 Å². The summed E-state index contributed by atoms with van der Waals surface area (Å²) in [6.07, 6.45) is -0.441. The lowest BCUT2D eigenvalue weighted by atomic mass is 10.2. The molecule has 0 fully saturated rings. The lowest BCUT2D eigenvalue weighted by molar-refractivity contribution is -0.159. The van der Waals surface area contributed by atoms with Crippen LogP contribution in [0.4, 0.5) is 5.69 Å². The molecule has 0 saturated heterocycles. The first-order valence-electron chi connectivity index (χ1n) is 9.20. The van der Waals surface area contributed by atoms with Crippen molar-refractivity contribution in [1.82, 2.24) is 4.57 Å². The fraction of sp³-hybridized carbons (Fsp3) is 0.273. The summed E-state index contributed by atoms with van der Waals surface area (Å²) in [4.78, 5) is 18.2. The average Bonchev–Trinajstić information content (AvgIpc) is 2.93. The first-order chi connectivity index (χ1) is 13.7. The third kappa shape index (κ3) is 5.58. The number of carboxylic acid groups (broad SMARTS) is 2. The van der Waals surface area contributed by atoms with Crippen molar-refractivity contribution in [1.29, 1.82) is 0 Å². The number of carboxylic acids is 2. The summed E-state index contributed by atoms with van der Waals surface area (Å²) in [6.45, 7) is 7.47. The summed E-state index contributed by atoms with van der Waals surface area (Å²) in [7, 11) is 0.